The monoisotopic (exact) mass is 527 g/mol. The van der Waals surface area contributed by atoms with E-state index >= 15 is 0 Å². The summed E-state index contributed by atoms with van der Waals surface area (Å²) in [6.07, 6.45) is 6.00. The second-order valence-electron chi connectivity index (χ2n) is 10.9. The lowest BCUT2D eigenvalue weighted by molar-refractivity contribution is 0.0952. The summed E-state index contributed by atoms with van der Waals surface area (Å²) in [6, 6.07) is 20.6. The third-order valence-electron chi connectivity index (χ3n) is 8.11. The Hall–Kier alpha value is -3.42. The molecule has 2 fully saturated rings. The van der Waals surface area contributed by atoms with Crippen molar-refractivity contribution in [1.29, 1.82) is 0 Å². The van der Waals surface area contributed by atoms with Crippen LogP contribution in [0, 0.1) is 6.92 Å². The molecule has 2 saturated heterocycles. The number of carbonyl (C=O) groups is 1. The van der Waals surface area contributed by atoms with Crippen molar-refractivity contribution in [1.82, 2.24) is 20.1 Å². The lowest BCUT2D eigenvalue weighted by Gasteiger charge is -2.43. The van der Waals surface area contributed by atoms with Gasteiger partial charge in [-0.15, -0.1) is 0 Å². The number of pyridine rings is 1. The standard InChI is InChI=1S/C32H41N5O2/c1-25-22-28(32(39)33-15-5-8-26-6-3-2-4-7-26)23-34-31(25)37-20-18-36(19-21-37)29-13-16-35(17-14-29)24-27-9-11-30(38)12-10-27/h2-4,6-7,9-12,22-23,29,38H,5,8,13-21,24H2,1H3,(H,33,39). The van der Waals surface area contributed by atoms with E-state index in [1.165, 1.54) is 24.0 Å². The van der Waals surface area contributed by atoms with Crippen LogP contribution in [-0.2, 0) is 13.0 Å². The summed E-state index contributed by atoms with van der Waals surface area (Å²) in [5, 5.41) is 12.6. The molecule has 3 aromatic rings. The van der Waals surface area contributed by atoms with Crippen LogP contribution in [0.25, 0.3) is 0 Å². The van der Waals surface area contributed by atoms with Gasteiger partial charge in [-0.3, -0.25) is 14.6 Å². The summed E-state index contributed by atoms with van der Waals surface area (Å²) in [5.74, 6) is 1.28. The predicted molar refractivity (Wildman–Crippen MR) is 156 cm³/mol. The zero-order chi connectivity index (χ0) is 27.0. The third kappa shape index (κ3) is 7.37. The Bertz CT molecular complexity index is 1200. The number of piperidine rings is 1. The number of amides is 1. The molecule has 2 aromatic carbocycles. The van der Waals surface area contributed by atoms with Gasteiger partial charge in [0.15, 0.2) is 0 Å². The van der Waals surface area contributed by atoms with Crippen LogP contribution in [0.3, 0.4) is 0 Å². The fourth-order valence-corrected chi connectivity index (χ4v) is 5.86. The predicted octanol–water partition coefficient (Wildman–Crippen LogP) is 4.24. The Morgan fingerprint density at radius 2 is 1.67 bits per heavy atom. The number of carbonyl (C=O) groups excluding carboxylic acids is 1. The zero-order valence-electron chi connectivity index (χ0n) is 23.1. The first kappa shape index (κ1) is 27.2. The molecule has 2 aliphatic heterocycles. The van der Waals surface area contributed by atoms with Crippen LogP contribution in [0.4, 0.5) is 5.82 Å². The fourth-order valence-electron chi connectivity index (χ4n) is 5.86. The zero-order valence-corrected chi connectivity index (χ0v) is 23.1. The smallest absolute Gasteiger partial charge is 0.252 e. The van der Waals surface area contributed by atoms with Gasteiger partial charge in [0, 0.05) is 51.5 Å². The van der Waals surface area contributed by atoms with E-state index in [1.54, 1.807) is 18.3 Å². The number of aryl methyl sites for hydroxylation is 2. The van der Waals surface area contributed by atoms with Gasteiger partial charge in [0.1, 0.15) is 11.6 Å². The van der Waals surface area contributed by atoms with E-state index in [9.17, 15) is 9.90 Å². The minimum Gasteiger partial charge on any atom is -0.508 e. The minimum atomic E-state index is -0.0493. The van der Waals surface area contributed by atoms with Crippen LogP contribution in [0.15, 0.2) is 66.9 Å². The number of hydrogen-bond acceptors (Lipinski definition) is 6. The first-order valence-electron chi connectivity index (χ1n) is 14.3. The molecule has 0 atom stereocenters. The molecule has 39 heavy (non-hydrogen) atoms. The van der Waals surface area contributed by atoms with Gasteiger partial charge in [-0.25, -0.2) is 4.98 Å². The number of phenolic OH excluding ortho intramolecular Hbond substituents is 1. The molecular formula is C32H41N5O2. The molecule has 2 aliphatic rings. The maximum atomic E-state index is 12.7. The topological polar surface area (TPSA) is 71.9 Å². The molecule has 7 heteroatoms. The van der Waals surface area contributed by atoms with Gasteiger partial charge in [-0.1, -0.05) is 42.5 Å². The Balaban J connectivity index is 1.04. The van der Waals surface area contributed by atoms with Gasteiger partial charge >= 0.3 is 0 Å². The second kappa shape index (κ2) is 13.1. The number of aromatic hydroxyl groups is 1. The molecular weight excluding hydrogens is 486 g/mol. The molecule has 5 rings (SSSR count). The average molecular weight is 528 g/mol. The Kier molecular flexibility index (Phi) is 9.12. The van der Waals surface area contributed by atoms with Crippen LogP contribution in [0.1, 0.15) is 46.3 Å². The number of nitrogens with zero attached hydrogens (tertiary/aromatic N) is 4. The first-order valence-corrected chi connectivity index (χ1v) is 14.3. The number of phenols is 1. The van der Waals surface area contributed by atoms with Crippen LogP contribution in [0.2, 0.25) is 0 Å². The van der Waals surface area contributed by atoms with Crippen molar-refractivity contribution in [3.8, 4) is 5.75 Å². The van der Waals surface area contributed by atoms with E-state index in [-0.39, 0.29) is 5.91 Å². The normalized spacial score (nSPS) is 17.3. The van der Waals surface area contributed by atoms with E-state index in [4.69, 9.17) is 4.98 Å². The molecule has 2 N–H and O–H groups in total. The molecule has 3 heterocycles. The Labute approximate surface area is 232 Å². The van der Waals surface area contributed by atoms with Crippen molar-refractivity contribution in [2.24, 2.45) is 0 Å². The summed E-state index contributed by atoms with van der Waals surface area (Å²) >= 11 is 0. The summed E-state index contributed by atoms with van der Waals surface area (Å²) < 4.78 is 0. The first-order chi connectivity index (χ1) is 19.0. The molecule has 0 radical (unpaired) electrons. The molecule has 0 bridgehead atoms. The highest BCUT2D eigenvalue weighted by molar-refractivity contribution is 5.94. The number of rotatable bonds is 9. The average Bonchev–Trinajstić information content (AvgIpc) is 2.97. The maximum absolute atomic E-state index is 12.7. The minimum absolute atomic E-state index is 0.0493. The van der Waals surface area contributed by atoms with Gasteiger partial charge in [-0.05, 0) is 80.6 Å². The van der Waals surface area contributed by atoms with Crippen molar-refractivity contribution >= 4 is 11.7 Å². The fraction of sp³-hybridized carbons (Fsp3) is 0.438. The van der Waals surface area contributed by atoms with E-state index in [0.29, 0.717) is 23.9 Å². The summed E-state index contributed by atoms with van der Waals surface area (Å²) in [5.41, 5.74) is 4.25. The van der Waals surface area contributed by atoms with Gasteiger partial charge in [0.25, 0.3) is 5.91 Å². The number of likely N-dealkylation sites (tertiary alicyclic amines) is 1. The van der Waals surface area contributed by atoms with Crippen LogP contribution >= 0.6 is 0 Å². The summed E-state index contributed by atoms with van der Waals surface area (Å²) in [4.78, 5) is 24.9. The van der Waals surface area contributed by atoms with Gasteiger partial charge in [0.05, 0.1) is 5.56 Å². The number of anilines is 1. The number of hydrogen-bond donors (Lipinski definition) is 2. The summed E-state index contributed by atoms with van der Waals surface area (Å²) in [7, 11) is 0. The van der Waals surface area contributed by atoms with Gasteiger partial charge in [-0.2, -0.15) is 0 Å². The lowest BCUT2D eigenvalue weighted by Crippen LogP contribution is -2.53. The highest BCUT2D eigenvalue weighted by Crippen LogP contribution is 2.24. The van der Waals surface area contributed by atoms with Crippen LogP contribution in [0.5, 0.6) is 5.75 Å². The SMILES string of the molecule is Cc1cc(C(=O)NCCCc2ccccc2)cnc1N1CCN(C2CCN(Cc3ccc(O)cc3)CC2)CC1. The molecule has 0 saturated carbocycles. The van der Waals surface area contributed by atoms with Gasteiger partial charge < -0.3 is 15.3 Å². The number of aromatic nitrogens is 1. The Morgan fingerprint density at radius 3 is 2.36 bits per heavy atom. The number of piperazine rings is 1. The van der Waals surface area contributed by atoms with Crippen molar-refractivity contribution in [2.75, 3.05) is 50.7 Å². The molecule has 0 aliphatic carbocycles. The van der Waals surface area contributed by atoms with Crippen LogP contribution < -0.4 is 10.2 Å². The third-order valence-corrected chi connectivity index (χ3v) is 8.11. The van der Waals surface area contributed by atoms with E-state index < -0.39 is 0 Å². The molecule has 0 unspecified atom stereocenters. The highest BCUT2D eigenvalue weighted by Gasteiger charge is 2.28. The number of nitrogens with one attached hydrogen (secondary N) is 1. The molecule has 7 nitrogen and oxygen atoms in total. The van der Waals surface area contributed by atoms with Crippen LogP contribution in [-0.4, -0.2) is 77.7 Å². The molecule has 0 spiro atoms. The molecule has 1 amide bonds. The van der Waals surface area contributed by atoms with Gasteiger partial charge in [0.2, 0.25) is 0 Å². The quantitative estimate of drug-likeness (QED) is 0.406. The van der Waals surface area contributed by atoms with E-state index in [2.05, 4.69) is 51.2 Å². The van der Waals surface area contributed by atoms with Crippen molar-refractivity contribution in [3.63, 3.8) is 0 Å². The lowest BCUT2D eigenvalue weighted by atomic mass is 10.0. The van der Waals surface area contributed by atoms with E-state index in [1.807, 2.05) is 24.3 Å². The maximum Gasteiger partial charge on any atom is 0.252 e. The molecule has 206 valence electrons. The highest BCUT2D eigenvalue weighted by atomic mass is 16.3. The van der Waals surface area contributed by atoms with Crippen molar-refractivity contribution in [2.45, 2.75) is 45.2 Å². The van der Waals surface area contributed by atoms with Crippen molar-refractivity contribution < 1.29 is 9.90 Å². The van der Waals surface area contributed by atoms with Crippen molar-refractivity contribution in [3.05, 3.63) is 89.1 Å². The summed E-state index contributed by atoms with van der Waals surface area (Å²) in [6.45, 7) is 9.93. The Morgan fingerprint density at radius 1 is 0.949 bits per heavy atom. The second-order valence-corrected chi connectivity index (χ2v) is 10.9. The largest absolute Gasteiger partial charge is 0.508 e. The number of benzene rings is 2. The molecule has 1 aromatic heterocycles. The van der Waals surface area contributed by atoms with E-state index in [0.717, 1.165) is 70.0 Å².